The lowest BCUT2D eigenvalue weighted by Crippen LogP contribution is -2.38. The molecule has 1 aliphatic heterocycles. The number of nitrogens with one attached hydrogen (secondary N) is 1. The molecule has 1 atom stereocenters. The third-order valence-electron chi connectivity index (χ3n) is 3.65. The third kappa shape index (κ3) is 2.57. The number of carbonyl (C=O) groups is 1. The van der Waals surface area contributed by atoms with Crippen molar-refractivity contribution < 1.29 is 18.3 Å². The van der Waals surface area contributed by atoms with Crippen LogP contribution in [0.25, 0.3) is 0 Å². The molecular formula is C12H19N3O4S. The van der Waals surface area contributed by atoms with Gasteiger partial charge in [0.2, 0.25) is 10.0 Å². The normalized spacial score (nSPS) is 21.6. The number of carboxylic acid groups (broad SMARTS) is 1. The van der Waals surface area contributed by atoms with Crippen LogP contribution in [0.3, 0.4) is 0 Å². The topological polar surface area (TPSA) is 103 Å². The summed E-state index contributed by atoms with van der Waals surface area (Å²) in [7, 11) is -3.84. The minimum Gasteiger partial charge on any atom is -0.476 e. The van der Waals surface area contributed by atoms with Crippen molar-refractivity contribution in [3.05, 3.63) is 11.4 Å². The number of aromatic carboxylic acids is 1. The number of rotatable bonds is 3. The summed E-state index contributed by atoms with van der Waals surface area (Å²) in [5, 5.41) is 15.1. The van der Waals surface area contributed by atoms with E-state index < -0.39 is 21.7 Å². The smallest absolute Gasteiger partial charge is 0.357 e. The van der Waals surface area contributed by atoms with Gasteiger partial charge < -0.3 is 5.11 Å². The molecule has 2 N–H and O–H groups in total. The number of sulfonamides is 1. The molecule has 2 rings (SSSR count). The minimum atomic E-state index is -3.84. The van der Waals surface area contributed by atoms with E-state index in [1.54, 1.807) is 0 Å². The predicted molar refractivity (Wildman–Crippen MR) is 72.1 cm³/mol. The van der Waals surface area contributed by atoms with Crippen molar-refractivity contribution in [1.82, 2.24) is 14.5 Å². The molecule has 20 heavy (non-hydrogen) atoms. The Hall–Kier alpha value is -1.41. The summed E-state index contributed by atoms with van der Waals surface area (Å²) in [6.45, 7) is 3.81. The Morgan fingerprint density at radius 1 is 1.40 bits per heavy atom. The van der Waals surface area contributed by atoms with Crippen LogP contribution in [0.1, 0.15) is 48.8 Å². The van der Waals surface area contributed by atoms with Gasteiger partial charge in [-0.1, -0.05) is 12.8 Å². The zero-order chi connectivity index (χ0) is 14.9. The summed E-state index contributed by atoms with van der Waals surface area (Å²) in [5.41, 5.74) is -0.169. The maximum atomic E-state index is 12.8. The number of aromatic amines is 1. The van der Waals surface area contributed by atoms with Crippen molar-refractivity contribution in [2.75, 3.05) is 6.54 Å². The minimum absolute atomic E-state index is 0.126. The van der Waals surface area contributed by atoms with Crippen molar-refractivity contribution in [2.24, 2.45) is 0 Å². The lowest BCUT2D eigenvalue weighted by atomic mass is 10.1. The highest BCUT2D eigenvalue weighted by atomic mass is 32.2. The van der Waals surface area contributed by atoms with Crippen LogP contribution in [-0.4, -0.2) is 46.6 Å². The Labute approximate surface area is 118 Å². The van der Waals surface area contributed by atoms with Crippen LogP contribution in [0.4, 0.5) is 0 Å². The van der Waals surface area contributed by atoms with Crippen molar-refractivity contribution in [2.45, 2.75) is 50.5 Å². The Bertz CT molecular complexity index is 608. The molecule has 1 aromatic rings. The summed E-state index contributed by atoms with van der Waals surface area (Å²) in [6.07, 6.45) is 3.57. The molecule has 1 unspecified atom stereocenters. The lowest BCUT2D eigenvalue weighted by Gasteiger charge is -2.26. The fourth-order valence-electron chi connectivity index (χ4n) is 2.60. The molecule has 1 fully saturated rings. The van der Waals surface area contributed by atoms with Crippen LogP contribution in [-0.2, 0) is 10.0 Å². The molecule has 0 aliphatic carbocycles. The van der Waals surface area contributed by atoms with Gasteiger partial charge in [-0.25, -0.2) is 13.2 Å². The Balaban J connectivity index is 2.49. The van der Waals surface area contributed by atoms with Crippen LogP contribution < -0.4 is 0 Å². The molecule has 1 aromatic heterocycles. The van der Waals surface area contributed by atoms with Crippen LogP contribution in [0, 0.1) is 6.92 Å². The maximum absolute atomic E-state index is 12.8. The second kappa shape index (κ2) is 5.53. The highest BCUT2D eigenvalue weighted by molar-refractivity contribution is 7.89. The third-order valence-corrected chi connectivity index (χ3v) is 5.83. The van der Waals surface area contributed by atoms with E-state index in [2.05, 4.69) is 10.2 Å². The van der Waals surface area contributed by atoms with Gasteiger partial charge in [-0.2, -0.15) is 9.40 Å². The van der Waals surface area contributed by atoms with E-state index in [9.17, 15) is 13.2 Å². The highest BCUT2D eigenvalue weighted by Gasteiger charge is 2.36. The van der Waals surface area contributed by atoms with Gasteiger partial charge in [0.25, 0.3) is 0 Å². The predicted octanol–water partition coefficient (Wildman–Crippen LogP) is 1.37. The van der Waals surface area contributed by atoms with Gasteiger partial charge in [0.15, 0.2) is 5.69 Å². The van der Waals surface area contributed by atoms with Crippen LogP contribution in [0.5, 0.6) is 0 Å². The van der Waals surface area contributed by atoms with E-state index in [1.807, 2.05) is 6.92 Å². The summed E-state index contributed by atoms with van der Waals surface area (Å²) in [5.74, 6) is -1.34. The molecule has 112 valence electrons. The molecule has 2 heterocycles. The van der Waals surface area contributed by atoms with Gasteiger partial charge in [-0.3, -0.25) is 5.10 Å². The number of aromatic nitrogens is 2. The second-order valence-electron chi connectivity index (χ2n) is 5.15. The van der Waals surface area contributed by atoms with E-state index in [0.29, 0.717) is 6.54 Å². The second-order valence-corrected chi connectivity index (χ2v) is 6.97. The summed E-state index contributed by atoms with van der Waals surface area (Å²) in [4.78, 5) is 10.9. The number of nitrogens with zero attached hydrogens (tertiary/aromatic N) is 2. The van der Waals surface area contributed by atoms with Crippen LogP contribution >= 0.6 is 0 Å². The van der Waals surface area contributed by atoms with Crippen LogP contribution in [0.2, 0.25) is 0 Å². The first kappa shape index (κ1) is 15.0. The quantitative estimate of drug-likeness (QED) is 0.877. The molecule has 7 nitrogen and oxygen atoms in total. The first-order valence-corrected chi connectivity index (χ1v) is 8.10. The van der Waals surface area contributed by atoms with E-state index in [1.165, 1.54) is 11.2 Å². The Morgan fingerprint density at radius 3 is 2.75 bits per heavy atom. The van der Waals surface area contributed by atoms with Gasteiger partial charge in [0.1, 0.15) is 4.90 Å². The van der Waals surface area contributed by atoms with Gasteiger partial charge in [0, 0.05) is 12.6 Å². The lowest BCUT2D eigenvalue weighted by molar-refractivity contribution is 0.0686. The first-order valence-electron chi connectivity index (χ1n) is 6.66. The summed E-state index contributed by atoms with van der Waals surface area (Å²) in [6, 6.07) is -0.126. The molecular weight excluding hydrogens is 282 g/mol. The molecule has 0 aromatic carbocycles. The number of hydrogen-bond donors (Lipinski definition) is 2. The van der Waals surface area contributed by atoms with Gasteiger partial charge in [-0.05, 0) is 26.7 Å². The maximum Gasteiger partial charge on any atom is 0.357 e. The zero-order valence-corrected chi connectivity index (χ0v) is 12.4. The molecule has 0 amide bonds. The van der Waals surface area contributed by atoms with E-state index >= 15 is 0 Å². The molecule has 8 heteroatoms. The molecule has 1 saturated heterocycles. The number of H-pyrrole nitrogens is 1. The van der Waals surface area contributed by atoms with Crippen molar-refractivity contribution >= 4 is 16.0 Å². The van der Waals surface area contributed by atoms with E-state index in [-0.39, 0.29) is 16.6 Å². The average molecular weight is 301 g/mol. The van der Waals surface area contributed by atoms with Gasteiger partial charge in [0.05, 0.1) is 5.69 Å². The standard InChI is InChI=1S/C12H19N3O4S/c1-8-6-4-3-5-7-15(8)20(18,19)11-9(2)13-14-10(11)12(16)17/h8H,3-7H2,1-2H3,(H,13,14)(H,16,17). The highest BCUT2D eigenvalue weighted by Crippen LogP contribution is 2.27. The monoisotopic (exact) mass is 301 g/mol. The Kier molecular flexibility index (Phi) is 4.14. The zero-order valence-electron chi connectivity index (χ0n) is 11.6. The van der Waals surface area contributed by atoms with Crippen LogP contribution in [0.15, 0.2) is 4.90 Å². The van der Waals surface area contributed by atoms with Crippen molar-refractivity contribution in [3.63, 3.8) is 0 Å². The molecule has 0 spiro atoms. The summed E-state index contributed by atoms with van der Waals surface area (Å²) < 4.78 is 26.9. The number of carboxylic acids is 1. The molecule has 0 saturated carbocycles. The van der Waals surface area contributed by atoms with E-state index in [0.717, 1.165) is 25.7 Å². The average Bonchev–Trinajstić information content (AvgIpc) is 2.62. The number of hydrogen-bond acceptors (Lipinski definition) is 4. The number of aryl methyl sites for hydroxylation is 1. The fraction of sp³-hybridized carbons (Fsp3) is 0.667. The van der Waals surface area contributed by atoms with Gasteiger partial charge >= 0.3 is 5.97 Å². The first-order chi connectivity index (χ1) is 9.35. The molecule has 0 radical (unpaired) electrons. The molecule has 1 aliphatic rings. The summed E-state index contributed by atoms with van der Waals surface area (Å²) >= 11 is 0. The van der Waals surface area contributed by atoms with Crippen molar-refractivity contribution in [3.8, 4) is 0 Å². The fourth-order valence-corrected chi connectivity index (χ4v) is 4.60. The van der Waals surface area contributed by atoms with Gasteiger partial charge in [-0.15, -0.1) is 0 Å². The Morgan fingerprint density at radius 2 is 2.10 bits per heavy atom. The SMILES string of the molecule is Cc1[nH]nc(C(=O)O)c1S(=O)(=O)N1CCCCCC1C. The van der Waals surface area contributed by atoms with E-state index in [4.69, 9.17) is 5.11 Å². The van der Waals surface area contributed by atoms with Crippen molar-refractivity contribution in [1.29, 1.82) is 0 Å². The largest absolute Gasteiger partial charge is 0.476 e. The molecule has 0 bridgehead atoms.